The van der Waals surface area contributed by atoms with Crippen LogP contribution in [0.5, 0.6) is 0 Å². The molecule has 0 bridgehead atoms. The van der Waals surface area contributed by atoms with Crippen LogP contribution in [0.2, 0.25) is 0 Å². The van der Waals surface area contributed by atoms with E-state index < -0.39 is 10.0 Å². The van der Waals surface area contributed by atoms with Crippen molar-refractivity contribution in [2.75, 3.05) is 9.62 Å². The Balaban J connectivity index is 1.77. The quantitative estimate of drug-likeness (QED) is 0.624. The molecule has 0 aliphatic carbocycles. The molecule has 0 aliphatic rings. The summed E-state index contributed by atoms with van der Waals surface area (Å²) in [7, 11) is -3.51. The zero-order chi connectivity index (χ0) is 18.6. The molecule has 1 N–H and O–H groups in total. The molecule has 0 aliphatic heterocycles. The zero-order valence-corrected chi connectivity index (χ0v) is 16.4. The fourth-order valence-corrected chi connectivity index (χ4v) is 4.75. The van der Waals surface area contributed by atoms with Gasteiger partial charge in [-0.25, -0.2) is 8.42 Å². The van der Waals surface area contributed by atoms with Crippen molar-refractivity contribution in [3.05, 3.63) is 77.7 Å². The summed E-state index contributed by atoms with van der Waals surface area (Å²) in [6, 6.07) is 21.5. The number of sulfonamides is 1. The smallest absolute Gasteiger partial charge is 0.271 e. The molecule has 0 radical (unpaired) electrons. The summed E-state index contributed by atoms with van der Waals surface area (Å²) in [6.07, 6.45) is 0. The molecule has 4 nitrogen and oxygen atoms in total. The maximum absolute atomic E-state index is 12.3. The van der Waals surface area contributed by atoms with Gasteiger partial charge in [0, 0.05) is 24.0 Å². The number of thiophene rings is 1. The van der Waals surface area contributed by atoms with Gasteiger partial charge in [-0.3, -0.25) is 4.72 Å². The Morgan fingerprint density at radius 2 is 1.65 bits per heavy atom. The number of hydrogen-bond acceptors (Lipinski definition) is 4. The molecule has 0 fully saturated rings. The lowest BCUT2D eigenvalue weighted by molar-refractivity contribution is 0.603. The standard InChI is InChI=1S/C20H22N2O2S2/c1-16(2)22(15-17-7-4-3-5-8-17)19-12-10-18(11-13-19)21-26(23,24)20-9-6-14-25-20/h3-14,16,21H,15H2,1-2H3. The molecule has 26 heavy (non-hydrogen) atoms. The molecular weight excluding hydrogens is 364 g/mol. The number of benzene rings is 2. The maximum atomic E-state index is 12.3. The minimum atomic E-state index is -3.51. The Kier molecular flexibility index (Phi) is 5.64. The fraction of sp³-hybridized carbons (Fsp3) is 0.200. The molecule has 1 heterocycles. The number of anilines is 2. The van der Waals surface area contributed by atoms with Crippen molar-refractivity contribution in [1.82, 2.24) is 0 Å². The van der Waals surface area contributed by atoms with E-state index in [1.54, 1.807) is 29.6 Å². The highest BCUT2D eigenvalue weighted by Crippen LogP contribution is 2.25. The van der Waals surface area contributed by atoms with E-state index in [2.05, 4.69) is 35.6 Å². The van der Waals surface area contributed by atoms with Gasteiger partial charge in [-0.05, 0) is 55.1 Å². The average Bonchev–Trinajstić information content (AvgIpc) is 3.17. The summed E-state index contributed by atoms with van der Waals surface area (Å²) in [5.74, 6) is 0. The third-order valence-corrected chi connectivity index (χ3v) is 6.81. The van der Waals surface area contributed by atoms with E-state index in [9.17, 15) is 8.42 Å². The van der Waals surface area contributed by atoms with Crippen LogP contribution in [-0.2, 0) is 16.6 Å². The van der Waals surface area contributed by atoms with Gasteiger partial charge in [0.2, 0.25) is 0 Å². The first kappa shape index (κ1) is 18.5. The lowest BCUT2D eigenvalue weighted by Gasteiger charge is -2.29. The van der Waals surface area contributed by atoms with Crippen LogP contribution in [0.4, 0.5) is 11.4 Å². The Bertz CT molecular complexity index is 920. The molecule has 3 rings (SSSR count). The van der Waals surface area contributed by atoms with Crippen LogP contribution in [0.25, 0.3) is 0 Å². The van der Waals surface area contributed by atoms with Gasteiger partial charge in [0.1, 0.15) is 4.21 Å². The lowest BCUT2D eigenvalue weighted by Crippen LogP contribution is -2.30. The van der Waals surface area contributed by atoms with Gasteiger partial charge in [-0.1, -0.05) is 36.4 Å². The van der Waals surface area contributed by atoms with Crippen LogP contribution >= 0.6 is 11.3 Å². The lowest BCUT2D eigenvalue weighted by atomic mass is 10.1. The van der Waals surface area contributed by atoms with Gasteiger partial charge in [-0.2, -0.15) is 0 Å². The predicted octanol–water partition coefficient (Wildman–Crippen LogP) is 4.96. The van der Waals surface area contributed by atoms with E-state index >= 15 is 0 Å². The Hall–Kier alpha value is -2.31. The number of nitrogens with one attached hydrogen (secondary N) is 1. The Morgan fingerprint density at radius 1 is 0.962 bits per heavy atom. The molecule has 0 saturated heterocycles. The second-order valence-corrected chi connectivity index (χ2v) is 9.15. The van der Waals surface area contributed by atoms with E-state index in [0.717, 1.165) is 12.2 Å². The first-order valence-electron chi connectivity index (χ1n) is 8.43. The van der Waals surface area contributed by atoms with Crippen molar-refractivity contribution in [3.8, 4) is 0 Å². The second-order valence-electron chi connectivity index (χ2n) is 6.29. The highest BCUT2D eigenvalue weighted by Gasteiger charge is 2.16. The minimum absolute atomic E-state index is 0.314. The Labute approximate surface area is 159 Å². The minimum Gasteiger partial charge on any atom is -0.365 e. The van der Waals surface area contributed by atoms with Crippen LogP contribution in [0.3, 0.4) is 0 Å². The molecule has 6 heteroatoms. The molecule has 0 amide bonds. The van der Waals surface area contributed by atoms with Crippen LogP contribution < -0.4 is 9.62 Å². The summed E-state index contributed by atoms with van der Waals surface area (Å²) in [5.41, 5.74) is 2.86. The largest absolute Gasteiger partial charge is 0.365 e. The first-order valence-corrected chi connectivity index (χ1v) is 10.8. The summed E-state index contributed by atoms with van der Waals surface area (Å²) in [4.78, 5) is 2.28. The maximum Gasteiger partial charge on any atom is 0.271 e. The van der Waals surface area contributed by atoms with E-state index in [0.29, 0.717) is 15.9 Å². The predicted molar refractivity (Wildman–Crippen MR) is 109 cm³/mol. The molecule has 0 spiro atoms. The summed E-state index contributed by atoms with van der Waals surface area (Å²) in [5, 5.41) is 1.75. The van der Waals surface area contributed by atoms with Gasteiger partial charge >= 0.3 is 0 Å². The summed E-state index contributed by atoms with van der Waals surface area (Å²) >= 11 is 1.20. The zero-order valence-electron chi connectivity index (χ0n) is 14.8. The molecular formula is C20H22N2O2S2. The molecule has 0 saturated carbocycles. The summed E-state index contributed by atoms with van der Waals surface area (Å²) < 4.78 is 27.6. The van der Waals surface area contributed by atoms with Crippen LogP contribution in [0, 0.1) is 0 Å². The van der Waals surface area contributed by atoms with E-state index in [4.69, 9.17) is 0 Å². The highest BCUT2D eigenvalue weighted by molar-refractivity contribution is 7.94. The topological polar surface area (TPSA) is 49.4 Å². The van der Waals surface area contributed by atoms with Crippen molar-refractivity contribution in [3.63, 3.8) is 0 Å². The summed E-state index contributed by atoms with van der Waals surface area (Å²) in [6.45, 7) is 5.10. The van der Waals surface area contributed by atoms with E-state index in [-0.39, 0.29) is 0 Å². The number of rotatable bonds is 7. The van der Waals surface area contributed by atoms with Gasteiger partial charge in [-0.15, -0.1) is 11.3 Å². The van der Waals surface area contributed by atoms with Crippen LogP contribution in [-0.4, -0.2) is 14.5 Å². The van der Waals surface area contributed by atoms with E-state index in [1.165, 1.54) is 16.9 Å². The highest BCUT2D eigenvalue weighted by atomic mass is 32.2. The molecule has 2 aromatic carbocycles. The molecule has 0 atom stereocenters. The van der Waals surface area contributed by atoms with Gasteiger partial charge in [0.05, 0.1) is 0 Å². The van der Waals surface area contributed by atoms with Gasteiger partial charge in [0.15, 0.2) is 0 Å². The van der Waals surface area contributed by atoms with Crippen molar-refractivity contribution in [2.24, 2.45) is 0 Å². The van der Waals surface area contributed by atoms with Crippen molar-refractivity contribution < 1.29 is 8.42 Å². The van der Waals surface area contributed by atoms with Crippen LogP contribution in [0.15, 0.2) is 76.3 Å². The van der Waals surface area contributed by atoms with Gasteiger partial charge in [0.25, 0.3) is 10.0 Å². The third-order valence-electron chi connectivity index (χ3n) is 4.03. The SMILES string of the molecule is CC(C)N(Cc1ccccc1)c1ccc(NS(=O)(=O)c2cccs2)cc1. The molecule has 0 unspecified atom stereocenters. The number of hydrogen-bond donors (Lipinski definition) is 1. The fourth-order valence-electron chi connectivity index (χ4n) is 2.69. The third kappa shape index (κ3) is 4.45. The van der Waals surface area contributed by atoms with Crippen LogP contribution in [0.1, 0.15) is 19.4 Å². The van der Waals surface area contributed by atoms with E-state index in [1.807, 2.05) is 30.3 Å². The first-order chi connectivity index (χ1) is 12.5. The second kappa shape index (κ2) is 7.93. The van der Waals surface area contributed by atoms with Crippen molar-refractivity contribution >= 4 is 32.7 Å². The monoisotopic (exact) mass is 386 g/mol. The normalized spacial score (nSPS) is 11.5. The number of nitrogens with zero attached hydrogens (tertiary/aromatic N) is 1. The molecule has 1 aromatic heterocycles. The molecule has 136 valence electrons. The molecule has 3 aromatic rings. The Morgan fingerprint density at radius 3 is 2.23 bits per heavy atom. The van der Waals surface area contributed by atoms with Crippen molar-refractivity contribution in [1.29, 1.82) is 0 Å². The average molecular weight is 387 g/mol. The van der Waals surface area contributed by atoms with Gasteiger partial charge < -0.3 is 4.90 Å². The van der Waals surface area contributed by atoms with Crippen molar-refractivity contribution in [2.45, 2.75) is 30.6 Å².